The highest BCUT2D eigenvalue weighted by molar-refractivity contribution is 6.04. The van der Waals surface area contributed by atoms with Gasteiger partial charge in [-0.15, -0.1) is 0 Å². The Morgan fingerprint density at radius 2 is 1.74 bits per heavy atom. The quantitative estimate of drug-likeness (QED) is 0.839. The molecule has 2 amide bonds. The lowest BCUT2D eigenvalue weighted by Gasteiger charge is -2.22. The first-order valence-electron chi connectivity index (χ1n) is 9.06. The first-order valence-corrected chi connectivity index (χ1v) is 9.06. The fourth-order valence-electron chi connectivity index (χ4n) is 3.76. The largest absolute Gasteiger partial charge is 0.326 e. The molecule has 2 aromatic rings. The molecule has 1 aliphatic rings. The summed E-state index contributed by atoms with van der Waals surface area (Å²) in [5, 5.41) is 2.84. The molecule has 1 N–H and O–H groups in total. The summed E-state index contributed by atoms with van der Waals surface area (Å²) in [4.78, 5) is 38.5. The highest BCUT2D eigenvalue weighted by Crippen LogP contribution is 2.32. The highest BCUT2D eigenvalue weighted by Gasteiger charge is 2.36. The van der Waals surface area contributed by atoms with Crippen LogP contribution in [0, 0.1) is 26.7 Å². The maximum atomic E-state index is 12.7. The van der Waals surface area contributed by atoms with E-state index in [0.29, 0.717) is 17.8 Å². The van der Waals surface area contributed by atoms with Gasteiger partial charge in [-0.05, 0) is 51.0 Å². The Bertz CT molecular complexity index is 910. The van der Waals surface area contributed by atoms with E-state index >= 15 is 0 Å². The predicted octanol–water partition coefficient (Wildman–Crippen LogP) is 3.81. The molecule has 1 heterocycles. The number of benzene rings is 2. The van der Waals surface area contributed by atoms with Gasteiger partial charge in [-0.1, -0.05) is 29.8 Å². The van der Waals surface area contributed by atoms with Gasteiger partial charge in [-0.2, -0.15) is 0 Å². The van der Waals surface area contributed by atoms with Crippen molar-refractivity contribution in [1.29, 1.82) is 0 Å². The van der Waals surface area contributed by atoms with E-state index in [2.05, 4.69) is 17.4 Å². The Balaban J connectivity index is 1.77. The number of Topliss-reactive ketones (excluding diaryl/α,β-unsaturated/α-hetero) is 1. The summed E-state index contributed by atoms with van der Waals surface area (Å²) in [6.45, 7) is 7.86. The van der Waals surface area contributed by atoms with Gasteiger partial charge in [0.1, 0.15) is 0 Å². The summed E-state index contributed by atoms with van der Waals surface area (Å²) in [6.07, 6.45) is 0.186. The monoisotopic (exact) mass is 364 g/mol. The van der Waals surface area contributed by atoms with E-state index in [4.69, 9.17) is 0 Å². The molecule has 140 valence electrons. The number of anilines is 2. The van der Waals surface area contributed by atoms with Gasteiger partial charge in [0.05, 0.1) is 5.92 Å². The van der Waals surface area contributed by atoms with Crippen LogP contribution in [-0.2, 0) is 9.59 Å². The lowest BCUT2D eigenvalue weighted by Crippen LogP contribution is -2.29. The minimum atomic E-state index is -0.418. The number of hydrogen-bond donors (Lipinski definition) is 1. The number of nitrogens with one attached hydrogen (secondary N) is 1. The van der Waals surface area contributed by atoms with Crippen molar-refractivity contribution >= 4 is 29.0 Å². The van der Waals surface area contributed by atoms with Gasteiger partial charge in [-0.3, -0.25) is 14.4 Å². The summed E-state index contributed by atoms with van der Waals surface area (Å²) in [5.41, 5.74) is 5.25. The average Bonchev–Trinajstić information content (AvgIpc) is 2.96. The van der Waals surface area contributed by atoms with Gasteiger partial charge in [-0.25, -0.2) is 0 Å². The highest BCUT2D eigenvalue weighted by atomic mass is 16.2. The molecule has 1 atom stereocenters. The third-order valence-corrected chi connectivity index (χ3v) is 4.94. The van der Waals surface area contributed by atoms with Gasteiger partial charge in [0.15, 0.2) is 5.78 Å². The van der Waals surface area contributed by atoms with Crippen molar-refractivity contribution in [3.8, 4) is 0 Å². The number of hydrogen-bond acceptors (Lipinski definition) is 3. The molecule has 0 radical (unpaired) electrons. The Morgan fingerprint density at radius 3 is 2.37 bits per heavy atom. The summed E-state index contributed by atoms with van der Waals surface area (Å²) >= 11 is 0. The van der Waals surface area contributed by atoms with Crippen LogP contribution in [0.25, 0.3) is 0 Å². The third kappa shape index (κ3) is 3.92. The van der Waals surface area contributed by atoms with Crippen molar-refractivity contribution in [2.24, 2.45) is 5.92 Å². The van der Waals surface area contributed by atoms with E-state index in [1.54, 1.807) is 29.2 Å². The zero-order valence-electron chi connectivity index (χ0n) is 16.1. The molecular weight excluding hydrogens is 340 g/mol. The first-order chi connectivity index (χ1) is 12.8. The van der Waals surface area contributed by atoms with Gasteiger partial charge in [0.25, 0.3) is 0 Å². The normalized spacial score (nSPS) is 16.5. The van der Waals surface area contributed by atoms with E-state index in [0.717, 1.165) is 22.4 Å². The number of carbonyl (C=O) groups excluding carboxylic acids is 3. The second-order valence-electron chi connectivity index (χ2n) is 7.28. The second-order valence-corrected chi connectivity index (χ2v) is 7.28. The van der Waals surface area contributed by atoms with Crippen LogP contribution < -0.4 is 10.2 Å². The zero-order valence-corrected chi connectivity index (χ0v) is 16.1. The number of ketones is 1. The molecular formula is C22H24N2O3. The minimum Gasteiger partial charge on any atom is -0.326 e. The number of nitrogens with zero attached hydrogens (tertiary/aromatic N) is 1. The topological polar surface area (TPSA) is 66.5 Å². The zero-order chi connectivity index (χ0) is 19.7. The van der Waals surface area contributed by atoms with Crippen LogP contribution >= 0.6 is 0 Å². The fraction of sp³-hybridized carbons (Fsp3) is 0.318. The molecule has 5 heteroatoms. The van der Waals surface area contributed by atoms with Crippen LogP contribution in [0.3, 0.4) is 0 Å². The second kappa shape index (κ2) is 7.35. The molecule has 1 saturated heterocycles. The number of aryl methyl sites for hydroxylation is 3. The molecule has 2 aromatic carbocycles. The van der Waals surface area contributed by atoms with Gasteiger partial charge in [0.2, 0.25) is 11.8 Å². The smallest absolute Gasteiger partial charge is 0.229 e. The lowest BCUT2D eigenvalue weighted by molar-refractivity contribution is -0.122. The summed E-state index contributed by atoms with van der Waals surface area (Å²) in [6, 6.07) is 10.9. The van der Waals surface area contributed by atoms with Crippen LogP contribution in [0.5, 0.6) is 0 Å². The van der Waals surface area contributed by atoms with E-state index < -0.39 is 5.92 Å². The number of rotatable bonds is 4. The molecule has 0 aliphatic carbocycles. The maximum Gasteiger partial charge on any atom is 0.229 e. The Labute approximate surface area is 159 Å². The average molecular weight is 364 g/mol. The van der Waals surface area contributed by atoms with Crippen molar-refractivity contribution in [1.82, 2.24) is 0 Å². The van der Waals surface area contributed by atoms with E-state index in [-0.39, 0.29) is 24.0 Å². The van der Waals surface area contributed by atoms with Crippen LogP contribution in [0.15, 0.2) is 36.4 Å². The molecule has 3 rings (SSSR count). The van der Waals surface area contributed by atoms with Gasteiger partial charge in [0, 0.05) is 29.9 Å². The first kappa shape index (κ1) is 18.8. The Hall–Kier alpha value is -2.95. The van der Waals surface area contributed by atoms with Gasteiger partial charge < -0.3 is 10.2 Å². The molecule has 0 bridgehead atoms. The third-order valence-electron chi connectivity index (χ3n) is 4.94. The summed E-state index contributed by atoms with van der Waals surface area (Å²) in [7, 11) is 0. The fourth-order valence-corrected chi connectivity index (χ4v) is 3.76. The van der Waals surface area contributed by atoms with Crippen LogP contribution in [0.4, 0.5) is 11.4 Å². The molecule has 0 aromatic heterocycles. The van der Waals surface area contributed by atoms with Crippen molar-refractivity contribution in [2.75, 3.05) is 16.8 Å². The molecule has 1 unspecified atom stereocenters. The van der Waals surface area contributed by atoms with Crippen LogP contribution in [0.2, 0.25) is 0 Å². The lowest BCUT2D eigenvalue weighted by atomic mass is 10.0. The van der Waals surface area contributed by atoms with E-state index in [9.17, 15) is 14.4 Å². The molecule has 0 spiro atoms. The maximum absolute atomic E-state index is 12.7. The molecule has 5 nitrogen and oxygen atoms in total. The summed E-state index contributed by atoms with van der Waals surface area (Å²) < 4.78 is 0. The molecule has 1 fully saturated rings. The minimum absolute atomic E-state index is 0.0392. The Kier molecular flexibility index (Phi) is 5.13. The van der Waals surface area contributed by atoms with Crippen molar-refractivity contribution in [3.05, 3.63) is 58.7 Å². The number of carbonyl (C=O) groups is 3. The predicted molar refractivity (Wildman–Crippen MR) is 106 cm³/mol. The van der Waals surface area contributed by atoms with Crippen LogP contribution in [-0.4, -0.2) is 24.1 Å². The van der Waals surface area contributed by atoms with Crippen molar-refractivity contribution in [3.63, 3.8) is 0 Å². The number of amides is 2. The van der Waals surface area contributed by atoms with E-state index in [1.165, 1.54) is 6.92 Å². The van der Waals surface area contributed by atoms with Crippen molar-refractivity contribution < 1.29 is 14.4 Å². The molecule has 1 aliphatic heterocycles. The van der Waals surface area contributed by atoms with Crippen molar-refractivity contribution in [2.45, 2.75) is 34.1 Å². The standard InChI is InChI=1S/C22H24N2O3/c1-13-8-14(2)21(15(3)9-13)24-12-18(11-20(24)26)22(27)23-19-7-5-6-17(10-19)16(4)25/h5-10,18H,11-12H2,1-4H3,(H,23,27). The summed E-state index contributed by atoms with van der Waals surface area (Å²) in [5.74, 6) is -0.714. The molecule has 0 saturated carbocycles. The SMILES string of the molecule is CC(=O)c1cccc(NC(=O)C2CC(=O)N(c3c(C)cc(C)cc3C)C2)c1. The molecule has 27 heavy (non-hydrogen) atoms. The Morgan fingerprint density at radius 1 is 1.07 bits per heavy atom. The van der Waals surface area contributed by atoms with Crippen LogP contribution in [0.1, 0.15) is 40.4 Å². The van der Waals surface area contributed by atoms with E-state index in [1.807, 2.05) is 20.8 Å². The van der Waals surface area contributed by atoms with Gasteiger partial charge >= 0.3 is 0 Å².